The van der Waals surface area contributed by atoms with Crippen LogP contribution in [0, 0.1) is 0 Å². The molecule has 1 fully saturated rings. The number of likely N-dealkylation sites (tertiary alicyclic amines) is 1. The zero-order valence-corrected chi connectivity index (χ0v) is 10.6. The third-order valence-corrected chi connectivity index (χ3v) is 4.52. The molecule has 0 aromatic carbocycles. The molecule has 1 N–H and O–H groups in total. The molecule has 2 heterocycles. The third kappa shape index (κ3) is 1.74. The van der Waals surface area contributed by atoms with Crippen molar-refractivity contribution in [3.63, 3.8) is 0 Å². The summed E-state index contributed by atoms with van der Waals surface area (Å²) in [5.41, 5.74) is -0.745. The SMILES string of the molecule is CC1CC(O)(c2nc(Br)cs2)CN1C. The highest BCUT2D eigenvalue weighted by atomic mass is 79.9. The molecule has 78 valence electrons. The summed E-state index contributed by atoms with van der Waals surface area (Å²) in [6.45, 7) is 2.80. The van der Waals surface area contributed by atoms with Crippen LogP contribution in [0.2, 0.25) is 0 Å². The highest BCUT2D eigenvalue weighted by molar-refractivity contribution is 9.10. The molecule has 1 aliphatic rings. The normalized spacial score (nSPS) is 33.9. The molecule has 1 aromatic heterocycles. The van der Waals surface area contributed by atoms with Gasteiger partial charge in [0.15, 0.2) is 0 Å². The summed E-state index contributed by atoms with van der Waals surface area (Å²) in [5.74, 6) is 0. The molecular weight excluding hydrogens is 264 g/mol. The van der Waals surface area contributed by atoms with Crippen LogP contribution >= 0.6 is 27.3 Å². The molecule has 2 atom stereocenters. The lowest BCUT2D eigenvalue weighted by Gasteiger charge is -2.18. The smallest absolute Gasteiger partial charge is 0.130 e. The molecule has 0 bridgehead atoms. The van der Waals surface area contributed by atoms with Crippen LogP contribution in [0.4, 0.5) is 0 Å². The number of rotatable bonds is 1. The summed E-state index contributed by atoms with van der Waals surface area (Å²) in [5, 5.41) is 13.1. The van der Waals surface area contributed by atoms with Gasteiger partial charge in [-0.1, -0.05) is 0 Å². The number of likely N-dealkylation sites (N-methyl/N-ethyl adjacent to an activating group) is 1. The van der Waals surface area contributed by atoms with Gasteiger partial charge in [-0.05, 0) is 36.3 Å². The van der Waals surface area contributed by atoms with Gasteiger partial charge in [-0.25, -0.2) is 4.98 Å². The van der Waals surface area contributed by atoms with E-state index in [4.69, 9.17) is 0 Å². The first-order valence-corrected chi connectivity index (χ1v) is 6.23. The third-order valence-electron chi connectivity index (χ3n) is 2.77. The highest BCUT2D eigenvalue weighted by Gasteiger charge is 2.42. The maximum Gasteiger partial charge on any atom is 0.130 e. The molecule has 1 aliphatic heterocycles. The number of β-amino-alcohol motifs (C(OH)–C–C–N with tert-alkyl or cyclic N) is 1. The number of nitrogens with zero attached hydrogens (tertiary/aromatic N) is 2. The lowest BCUT2D eigenvalue weighted by molar-refractivity contribution is 0.0482. The van der Waals surface area contributed by atoms with E-state index in [1.807, 2.05) is 12.4 Å². The molecule has 5 heteroatoms. The second-order valence-electron chi connectivity index (χ2n) is 3.98. The van der Waals surface area contributed by atoms with Crippen LogP contribution < -0.4 is 0 Å². The summed E-state index contributed by atoms with van der Waals surface area (Å²) in [6, 6.07) is 0.419. The zero-order valence-electron chi connectivity index (χ0n) is 8.20. The minimum absolute atomic E-state index is 0.419. The van der Waals surface area contributed by atoms with Gasteiger partial charge >= 0.3 is 0 Å². The van der Waals surface area contributed by atoms with E-state index in [9.17, 15) is 5.11 Å². The van der Waals surface area contributed by atoms with E-state index in [2.05, 4.69) is 32.7 Å². The van der Waals surface area contributed by atoms with E-state index in [0.29, 0.717) is 12.6 Å². The Hall–Kier alpha value is 0.0300. The average Bonchev–Trinajstić information content (AvgIpc) is 2.60. The van der Waals surface area contributed by atoms with Crippen LogP contribution in [0.25, 0.3) is 0 Å². The van der Waals surface area contributed by atoms with Crippen LogP contribution in [-0.2, 0) is 5.60 Å². The Morgan fingerprint density at radius 3 is 2.93 bits per heavy atom. The molecule has 1 saturated heterocycles. The second kappa shape index (κ2) is 3.56. The summed E-state index contributed by atoms with van der Waals surface area (Å²) in [7, 11) is 2.03. The van der Waals surface area contributed by atoms with Crippen molar-refractivity contribution in [1.82, 2.24) is 9.88 Å². The van der Waals surface area contributed by atoms with Gasteiger partial charge in [0.25, 0.3) is 0 Å². The summed E-state index contributed by atoms with van der Waals surface area (Å²) in [4.78, 5) is 6.45. The number of aliphatic hydroxyl groups is 1. The minimum atomic E-state index is -0.745. The maximum absolute atomic E-state index is 10.4. The van der Waals surface area contributed by atoms with Crippen LogP contribution in [0.5, 0.6) is 0 Å². The predicted octanol–water partition coefficient (Wildman–Crippen LogP) is 1.82. The van der Waals surface area contributed by atoms with E-state index in [1.54, 1.807) is 0 Å². The summed E-state index contributed by atoms with van der Waals surface area (Å²) in [6.07, 6.45) is 0.767. The van der Waals surface area contributed by atoms with E-state index in [-0.39, 0.29) is 0 Å². The molecule has 0 radical (unpaired) electrons. The van der Waals surface area contributed by atoms with Crippen LogP contribution in [0.3, 0.4) is 0 Å². The van der Waals surface area contributed by atoms with Crippen molar-refractivity contribution in [1.29, 1.82) is 0 Å². The van der Waals surface area contributed by atoms with Crippen LogP contribution in [0.1, 0.15) is 18.4 Å². The average molecular weight is 277 g/mol. The molecule has 3 nitrogen and oxygen atoms in total. The molecular formula is C9H13BrN2OS. The first-order valence-electron chi connectivity index (χ1n) is 4.55. The fraction of sp³-hybridized carbons (Fsp3) is 0.667. The Morgan fingerprint density at radius 1 is 1.79 bits per heavy atom. The van der Waals surface area contributed by atoms with Crippen molar-refractivity contribution in [3.8, 4) is 0 Å². The van der Waals surface area contributed by atoms with Gasteiger partial charge in [-0.15, -0.1) is 11.3 Å². The Kier molecular flexibility index (Phi) is 2.68. The van der Waals surface area contributed by atoms with Crippen molar-refractivity contribution >= 4 is 27.3 Å². The van der Waals surface area contributed by atoms with Crippen LogP contribution in [0.15, 0.2) is 9.98 Å². The second-order valence-corrected chi connectivity index (χ2v) is 5.65. The van der Waals surface area contributed by atoms with Gasteiger partial charge in [-0.2, -0.15) is 0 Å². The Bertz CT molecular complexity index is 331. The molecule has 0 spiro atoms. The van der Waals surface area contributed by atoms with Gasteiger partial charge in [0.1, 0.15) is 15.2 Å². The summed E-state index contributed by atoms with van der Waals surface area (Å²) >= 11 is 4.82. The number of halogens is 1. The number of hydrogen-bond acceptors (Lipinski definition) is 4. The Balaban J connectivity index is 2.26. The van der Waals surface area contributed by atoms with E-state index in [1.165, 1.54) is 11.3 Å². The topological polar surface area (TPSA) is 36.4 Å². The minimum Gasteiger partial charge on any atom is -0.381 e. The quantitative estimate of drug-likeness (QED) is 0.850. The lowest BCUT2D eigenvalue weighted by Crippen LogP contribution is -2.29. The lowest BCUT2D eigenvalue weighted by atomic mass is 10.0. The Morgan fingerprint density at radius 2 is 2.50 bits per heavy atom. The first-order chi connectivity index (χ1) is 6.51. The first kappa shape index (κ1) is 10.5. The largest absolute Gasteiger partial charge is 0.381 e. The Labute approximate surface area is 95.9 Å². The van der Waals surface area contributed by atoms with E-state index >= 15 is 0 Å². The van der Waals surface area contributed by atoms with E-state index < -0.39 is 5.60 Å². The standard InChI is InChI=1S/C9H13BrN2OS/c1-6-3-9(13,5-12(6)2)8-11-7(10)4-14-8/h4,6,13H,3,5H2,1-2H3. The van der Waals surface area contributed by atoms with Crippen molar-refractivity contribution in [2.75, 3.05) is 13.6 Å². The van der Waals surface area contributed by atoms with Gasteiger partial charge in [0, 0.05) is 18.0 Å². The highest BCUT2D eigenvalue weighted by Crippen LogP contribution is 2.36. The molecule has 14 heavy (non-hydrogen) atoms. The maximum atomic E-state index is 10.4. The number of hydrogen-bond donors (Lipinski definition) is 1. The van der Waals surface area contributed by atoms with Crippen molar-refractivity contribution in [3.05, 3.63) is 15.0 Å². The molecule has 0 amide bonds. The van der Waals surface area contributed by atoms with Crippen molar-refractivity contribution in [2.45, 2.75) is 25.0 Å². The molecule has 1 aromatic rings. The van der Waals surface area contributed by atoms with E-state index in [0.717, 1.165) is 16.0 Å². The fourth-order valence-electron chi connectivity index (χ4n) is 1.90. The zero-order chi connectivity index (χ0) is 10.3. The monoisotopic (exact) mass is 276 g/mol. The molecule has 0 aliphatic carbocycles. The number of thiazole rings is 1. The predicted molar refractivity (Wildman–Crippen MR) is 60.4 cm³/mol. The fourth-order valence-corrected chi connectivity index (χ4v) is 3.26. The summed E-state index contributed by atoms with van der Waals surface area (Å²) < 4.78 is 0.813. The van der Waals surface area contributed by atoms with Gasteiger partial charge in [0.05, 0.1) is 0 Å². The van der Waals surface area contributed by atoms with Crippen LogP contribution in [-0.4, -0.2) is 34.6 Å². The van der Waals surface area contributed by atoms with Gasteiger partial charge in [0.2, 0.25) is 0 Å². The van der Waals surface area contributed by atoms with Crippen molar-refractivity contribution in [2.24, 2.45) is 0 Å². The molecule has 2 rings (SSSR count). The van der Waals surface area contributed by atoms with Gasteiger partial charge in [-0.3, -0.25) is 0 Å². The van der Waals surface area contributed by atoms with Gasteiger partial charge < -0.3 is 10.0 Å². The molecule has 2 unspecified atom stereocenters. The molecule has 0 saturated carbocycles. The number of aromatic nitrogens is 1. The van der Waals surface area contributed by atoms with Crippen molar-refractivity contribution < 1.29 is 5.11 Å².